The van der Waals surface area contributed by atoms with Crippen molar-refractivity contribution < 1.29 is 57.9 Å². The van der Waals surface area contributed by atoms with E-state index in [4.69, 9.17) is 14.0 Å². The van der Waals surface area contributed by atoms with Gasteiger partial charge in [-0.3, -0.25) is 9.35 Å². The summed E-state index contributed by atoms with van der Waals surface area (Å²) in [5, 5.41) is 68.9. The maximum absolute atomic E-state index is 12.7. The number of allylic oxidation sites excluding steroid dienone is 2. The lowest BCUT2D eigenvalue weighted by Crippen LogP contribution is -2.68. The van der Waals surface area contributed by atoms with Crippen LogP contribution in [0.25, 0.3) is 0 Å². The van der Waals surface area contributed by atoms with Gasteiger partial charge in [-0.15, -0.1) is 0 Å². The summed E-state index contributed by atoms with van der Waals surface area (Å²) in [6.07, 6.45) is 1.12. The molecule has 0 aromatic carbocycles. The van der Waals surface area contributed by atoms with Crippen molar-refractivity contribution in [3.63, 3.8) is 0 Å². The van der Waals surface area contributed by atoms with Gasteiger partial charge < -0.3 is 45.4 Å². The first-order valence-corrected chi connectivity index (χ1v) is 19.6. The summed E-state index contributed by atoms with van der Waals surface area (Å²) in [5.41, 5.74) is -2.07. The minimum atomic E-state index is -4.16. The van der Waals surface area contributed by atoms with Gasteiger partial charge in [0.05, 0.1) is 36.3 Å². The van der Waals surface area contributed by atoms with Crippen LogP contribution in [0.3, 0.4) is 0 Å². The summed E-state index contributed by atoms with van der Waals surface area (Å²) in [6, 6.07) is 0. The van der Waals surface area contributed by atoms with Gasteiger partial charge >= 0.3 is 0 Å². The molecule has 4 saturated carbocycles. The Bertz CT molecular complexity index is 1330. The molecule has 5 fully saturated rings. The van der Waals surface area contributed by atoms with Crippen LogP contribution in [0.1, 0.15) is 79.6 Å². The van der Waals surface area contributed by atoms with E-state index in [9.17, 15) is 43.9 Å². The fourth-order valence-corrected chi connectivity index (χ4v) is 11.2. The summed E-state index contributed by atoms with van der Waals surface area (Å²) in [5.74, 6) is -2.10. The van der Waals surface area contributed by atoms with Gasteiger partial charge in [0.15, 0.2) is 6.29 Å². The number of nitrogens with one attached hydrogen (secondary N) is 1. The van der Waals surface area contributed by atoms with Gasteiger partial charge in [0.1, 0.15) is 18.3 Å². The summed E-state index contributed by atoms with van der Waals surface area (Å²) in [4.78, 5) is 12.6. The Morgan fingerprint density at radius 1 is 0.959 bits per heavy atom. The van der Waals surface area contributed by atoms with Crippen molar-refractivity contribution in [2.45, 2.75) is 128 Å². The average Bonchev–Trinajstić information content (AvgIpc) is 3.30. The molecule has 49 heavy (non-hydrogen) atoms. The van der Waals surface area contributed by atoms with E-state index in [1.54, 1.807) is 6.92 Å². The third-order valence-corrected chi connectivity index (χ3v) is 14.4. The average molecular weight is 718 g/mol. The smallest absolute Gasteiger partial charge is 0.266 e. The van der Waals surface area contributed by atoms with Crippen LogP contribution >= 0.6 is 0 Å². The number of amides is 1. The molecule has 1 amide bonds. The fourth-order valence-electron chi connectivity index (χ4n) is 10.9. The molecule has 13 nitrogen and oxygen atoms in total. The van der Waals surface area contributed by atoms with Crippen molar-refractivity contribution in [3.8, 4) is 0 Å². The van der Waals surface area contributed by atoms with E-state index in [1.807, 2.05) is 13.0 Å². The number of hydrogen-bond acceptors (Lipinski definition) is 11. The van der Waals surface area contributed by atoms with E-state index < -0.39 is 75.5 Å². The molecular formula is C35H59NO12S. The first kappa shape index (κ1) is 39.0. The predicted octanol–water partition coefficient (Wildman–Crippen LogP) is 0.995. The van der Waals surface area contributed by atoms with Crippen molar-refractivity contribution in [2.75, 3.05) is 18.9 Å². The van der Waals surface area contributed by atoms with E-state index in [2.05, 4.69) is 32.2 Å². The van der Waals surface area contributed by atoms with Crippen LogP contribution < -0.4 is 5.32 Å². The molecule has 5 aliphatic rings. The summed E-state index contributed by atoms with van der Waals surface area (Å²) >= 11 is 0. The summed E-state index contributed by atoms with van der Waals surface area (Å²) < 4.78 is 42.5. The number of carbonyl (C=O) groups excluding carboxylic acids is 1. The predicted molar refractivity (Wildman–Crippen MR) is 178 cm³/mol. The van der Waals surface area contributed by atoms with Gasteiger partial charge in [-0.25, -0.2) is 0 Å². The lowest BCUT2D eigenvalue weighted by atomic mass is 9.42. The highest BCUT2D eigenvalue weighted by atomic mass is 32.2. The van der Waals surface area contributed by atoms with Gasteiger partial charge in [0, 0.05) is 24.8 Å². The molecule has 0 spiro atoms. The van der Waals surface area contributed by atoms with Crippen LogP contribution in [0.15, 0.2) is 12.2 Å². The molecule has 8 N–H and O–H groups in total. The highest BCUT2D eigenvalue weighted by Gasteiger charge is 2.70. The third kappa shape index (κ3) is 7.38. The molecule has 0 aromatic heterocycles. The topological polar surface area (TPSA) is 223 Å². The first-order valence-electron chi connectivity index (χ1n) is 18.0. The van der Waals surface area contributed by atoms with Gasteiger partial charge in [-0.1, -0.05) is 46.8 Å². The Morgan fingerprint density at radius 3 is 2.31 bits per heavy atom. The largest absolute Gasteiger partial charge is 0.393 e. The van der Waals surface area contributed by atoms with Gasteiger partial charge in [-0.2, -0.15) is 8.42 Å². The van der Waals surface area contributed by atoms with Crippen LogP contribution in [-0.4, -0.2) is 117 Å². The van der Waals surface area contributed by atoms with Crippen LogP contribution in [0.4, 0.5) is 0 Å². The highest BCUT2D eigenvalue weighted by Crippen LogP contribution is 2.69. The zero-order chi connectivity index (χ0) is 36.3. The second kappa shape index (κ2) is 14.3. The summed E-state index contributed by atoms with van der Waals surface area (Å²) in [6.45, 7) is 9.77. The van der Waals surface area contributed by atoms with E-state index in [1.165, 1.54) is 0 Å². The minimum absolute atomic E-state index is 0.0310. The molecule has 14 heteroatoms. The number of carbonyl (C=O) groups is 1. The molecule has 282 valence electrons. The Hall–Kier alpha value is -1.20. The number of rotatable bonds is 10. The lowest BCUT2D eigenvalue weighted by Gasteiger charge is -2.66. The Morgan fingerprint density at radius 2 is 1.63 bits per heavy atom. The number of hydrogen-bond donors (Lipinski definition) is 8. The fraction of sp³-hybridized carbons (Fsp3) is 0.914. The second-order valence-electron chi connectivity index (χ2n) is 16.6. The van der Waals surface area contributed by atoms with Crippen molar-refractivity contribution in [2.24, 2.45) is 52.3 Å². The minimum Gasteiger partial charge on any atom is -0.393 e. The number of aliphatic hydroxyl groups excluding tert-OH is 5. The molecule has 17 atom stereocenters. The number of ether oxygens (including phenoxy) is 2. The molecule has 1 aliphatic heterocycles. The molecule has 0 aromatic rings. The van der Waals surface area contributed by atoms with Gasteiger partial charge in [0.2, 0.25) is 5.91 Å². The first-order chi connectivity index (χ1) is 22.7. The van der Waals surface area contributed by atoms with Crippen LogP contribution in [-0.2, 0) is 24.4 Å². The van der Waals surface area contributed by atoms with Crippen molar-refractivity contribution in [1.29, 1.82) is 0 Å². The van der Waals surface area contributed by atoms with Crippen molar-refractivity contribution >= 4 is 16.0 Å². The third-order valence-electron chi connectivity index (χ3n) is 13.7. The van der Waals surface area contributed by atoms with E-state index in [-0.39, 0.29) is 66.6 Å². The standard InChI is InChI=1S/C35H59NO12S/c1-18(20(3)31(42)36-12-13-49(44,45)46)6-7-19(2)22-15-24(37)30-34(22,5)11-9-27-33(4)10-8-21(14-23(33)25(38)16-35(27,30)43)48-32-29(41)28(40)26(39)17-47-32/h6-7,18-30,32,37-41,43H,8-17H2,1-5H3,(H,36,42)(H,44,45,46)/b7-6+/t18-,19-,20+,21+,22-,23?,24-,25+,26-,27-,28+,29-,30-,32+,33+,34-,35+/m1/s1. The Labute approximate surface area is 290 Å². The van der Waals surface area contributed by atoms with Gasteiger partial charge in [0.25, 0.3) is 10.1 Å². The quantitative estimate of drug-likeness (QED) is 0.0901. The molecule has 5 rings (SSSR count). The van der Waals surface area contributed by atoms with E-state index >= 15 is 0 Å². The zero-order valence-corrected chi connectivity index (χ0v) is 30.2. The molecule has 1 heterocycles. The molecule has 4 aliphatic carbocycles. The van der Waals surface area contributed by atoms with E-state index in [0.717, 1.165) is 12.8 Å². The SMILES string of the molecule is C[C@H](/C=C/[C@@H](C)[C@H]1C[C@@H](O)[C@@H]2[C@]1(C)CC[C@H]1[C@@]2(O)C[C@H](O)C2C[C@@H](O[C@@H]3OC[C@@H](O)[C@H](O)[C@H]3O)CC[C@@]21C)[C@H](C)C(=O)NCCS(=O)(=O)O. The lowest BCUT2D eigenvalue weighted by molar-refractivity contribution is -0.300. The van der Waals surface area contributed by atoms with Crippen LogP contribution in [0.5, 0.6) is 0 Å². The maximum Gasteiger partial charge on any atom is 0.266 e. The van der Waals surface area contributed by atoms with Crippen LogP contribution in [0, 0.1) is 52.3 Å². The second-order valence-corrected chi connectivity index (χ2v) is 18.2. The van der Waals surface area contributed by atoms with Crippen LogP contribution in [0.2, 0.25) is 0 Å². The Kier molecular flexibility index (Phi) is 11.4. The van der Waals surface area contributed by atoms with Gasteiger partial charge in [-0.05, 0) is 78.9 Å². The molecule has 1 saturated heterocycles. The number of fused-ring (bicyclic) bond motifs is 5. The monoisotopic (exact) mass is 717 g/mol. The molecular weight excluding hydrogens is 658 g/mol. The summed E-state index contributed by atoms with van der Waals surface area (Å²) in [7, 11) is -4.16. The zero-order valence-electron chi connectivity index (χ0n) is 29.4. The molecule has 0 radical (unpaired) electrons. The molecule has 1 unspecified atom stereocenters. The van der Waals surface area contributed by atoms with Crippen molar-refractivity contribution in [1.82, 2.24) is 5.32 Å². The maximum atomic E-state index is 12.7. The normalized spacial score (nSPS) is 47.5. The van der Waals surface area contributed by atoms with Crippen molar-refractivity contribution in [3.05, 3.63) is 12.2 Å². The number of aliphatic hydroxyl groups is 6. The van der Waals surface area contributed by atoms with E-state index in [0.29, 0.717) is 25.7 Å². The highest BCUT2D eigenvalue weighted by molar-refractivity contribution is 7.85. The molecule has 0 bridgehead atoms. The Balaban J connectivity index is 1.25.